The van der Waals surface area contributed by atoms with Gasteiger partial charge < -0.3 is 10.2 Å². The Bertz CT molecular complexity index is 667. The first-order valence-electron chi connectivity index (χ1n) is 7.99. The largest absolute Gasteiger partial charge is 0.389 e. The Balaban J connectivity index is 1.83. The maximum absolute atomic E-state index is 10.6. The fourth-order valence-corrected chi connectivity index (χ4v) is 5.10. The topological polar surface area (TPSA) is 40.5 Å². The summed E-state index contributed by atoms with van der Waals surface area (Å²) < 4.78 is 0. The highest BCUT2D eigenvalue weighted by Gasteiger charge is 2.54. The van der Waals surface area contributed by atoms with Crippen molar-refractivity contribution in [1.29, 1.82) is 0 Å². The predicted molar refractivity (Wildman–Crippen MR) is 84.7 cm³/mol. The zero-order valence-electron chi connectivity index (χ0n) is 12.1. The molecule has 0 fully saturated rings. The minimum Gasteiger partial charge on any atom is -0.389 e. The third kappa shape index (κ3) is 1.42. The molecule has 2 nitrogen and oxygen atoms in total. The molecule has 4 aliphatic carbocycles. The molecular weight excluding hydrogens is 272 g/mol. The molecule has 0 saturated carbocycles. The highest BCUT2D eigenvalue weighted by atomic mass is 16.3. The van der Waals surface area contributed by atoms with E-state index in [9.17, 15) is 10.2 Å². The van der Waals surface area contributed by atoms with Crippen LogP contribution in [-0.2, 0) is 0 Å². The van der Waals surface area contributed by atoms with Crippen molar-refractivity contribution in [2.75, 3.05) is 0 Å². The van der Waals surface area contributed by atoms with E-state index in [2.05, 4.69) is 48.5 Å². The van der Waals surface area contributed by atoms with Gasteiger partial charge in [0, 0.05) is 23.7 Å². The molecule has 4 aliphatic rings. The van der Waals surface area contributed by atoms with Gasteiger partial charge in [-0.2, -0.15) is 0 Å². The summed E-state index contributed by atoms with van der Waals surface area (Å²) in [7, 11) is 0. The smallest absolute Gasteiger partial charge is 0.0763 e. The number of aliphatic hydroxyl groups is 2. The van der Waals surface area contributed by atoms with Gasteiger partial charge in [0.25, 0.3) is 0 Å². The molecule has 2 N–H and O–H groups in total. The molecule has 2 aromatic carbocycles. The van der Waals surface area contributed by atoms with Gasteiger partial charge in [0.05, 0.1) is 12.2 Å². The summed E-state index contributed by atoms with van der Waals surface area (Å²) in [6.45, 7) is 0. The van der Waals surface area contributed by atoms with E-state index in [-0.39, 0.29) is 23.7 Å². The lowest BCUT2D eigenvalue weighted by atomic mass is 9.51. The molecule has 0 heterocycles. The van der Waals surface area contributed by atoms with Crippen LogP contribution in [0, 0.1) is 11.8 Å². The molecule has 2 aromatic rings. The Morgan fingerprint density at radius 2 is 0.864 bits per heavy atom. The summed E-state index contributed by atoms with van der Waals surface area (Å²) in [6, 6.07) is 17.1. The molecular formula is C20H18O2. The highest BCUT2D eigenvalue weighted by molar-refractivity contribution is 5.57. The van der Waals surface area contributed by atoms with Crippen molar-refractivity contribution in [3.8, 4) is 0 Å². The molecule has 0 spiro atoms. The van der Waals surface area contributed by atoms with E-state index in [1.165, 1.54) is 22.3 Å². The Morgan fingerprint density at radius 1 is 0.545 bits per heavy atom. The zero-order chi connectivity index (χ0) is 14.8. The Labute approximate surface area is 129 Å². The molecule has 6 rings (SSSR count). The van der Waals surface area contributed by atoms with Crippen molar-refractivity contribution in [2.24, 2.45) is 11.8 Å². The van der Waals surface area contributed by atoms with Crippen molar-refractivity contribution in [2.45, 2.75) is 24.0 Å². The fraction of sp³-hybridized carbons (Fsp3) is 0.300. The second-order valence-electron chi connectivity index (χ2n) is 6.73. The van der Waals surface area contributed by atoms with Crippen LogP contribution in [-0.4, -0.2) is 22.4 Å². The second kappa shape index (κ2) is 4.31. The van der Waals surface area contributed by atoms with Crippen molar-refractivity contribution >= 4 is 0 Å². The molecule has 2 bridgehead atoms. The van der Waals surface area contributed by atoms with Crippen LogP contribution in [0.5, 0.6) is 0 Å². The van der Waals surface area contributed by atoms with Crippen LogP contribution in [0.3, 0.4) is 0 Å². The Hall–Kier alpha value is -1.90. The van der Waals surface area contributed by atoms with E-state index in [0.29, 0.717) is 0 Å². The molecule has 0 amide bonds. The Kier molecular flexibility index (Phi) is 2.47. The van der Waals surface area contributed by atoms with Crippen LogP contribution in [0.2, 0.25) is 0 Å². The van der Waals surface area contributed by atoms with Gasteiger partial charge in [-0.3, -0.25) is 0 Å². The van der Waals surface area contributed by atoms with Crippen molar-refractivity contribution in [3.63, 3.8) is 0 Å². The van der Waals surface area contributed by atoms with Crippen LogP contribution in [0.25, 0.3) is 0 Å². The Morgan fingerprint density at radius 3 is 1.18 bits per heavy atom. The van der Waals surface area contributed by atoms with E-state index in [1.54, 1.807) is 12.2 Å². The fourth-order valence-electron chi connectivity index (χ4n) is 5.10. The SMILES string of the molecule is O[C@@H]1C=C[C@H](O)[C@@H]2C3c4ccccc4C(c4ccccc43)[C@@H]21. The van der Waals surface area contributed by atoms with Gasteiger partial charge in [0.2, 0.25) is 0 Å². The van der Waals surface area contributed by atoms with Crippen LogP contribution in [0.4, 0.5) is 0 Å². The summed E-state index contributed by atoms with van der Waals surface area (Å²) in [4.78, 5) is 0. The average molecular weight is 290 g/mol. The average Bonchev–Trinajstić information content (AvgIpc) is 2.58. The monoisotopic (exact) mass is 290 g/mol. The summed E-state index contributed by atoms with van der Waals surface area (Å²) in [6.07, 6.45) is 2.58. The van der Waals surface area contributed by atoms with E-state index >= 15 is 0 Å². The lowest BCUT2D eigenvalue weighted by molar-refractivity contribution is 0.00341. The number of hydrogen-bond donors (Lipinski definition) is 2. The van der Waals surface area contributed by atoms with Gasteiger partial charge in [-0.1, -0.05) is 60.7 Å². The van der Waals surface area contributed by atoms with Gasteiger partial charge in [-0.25, -0.2) is 0 Å². The minimum atomic E-state index is -0.484. The predicted octanol–water partition coefficient (Wildman–Crippen LogP) is 2.80. The van der Waals surface area contributed by atoms with Gasteiger partial charge in [-0.05, 0) is 22.3 Å². The van der Waals surface area contributed by atoms with Crippen LogP contribution in [0.15, 0.2) is 60.7 Å². The maximum atomic E-state index is 10.6. The van der Waals surface area contributed by atoms with E-state index in [4.69, 9.17) is 0 Å². The van der Waals surface area contributed by atoms with Crippen LogP contribution in [0.1, 0.15) is 34.1 Å². The number of aliphatic hydroxyl groups excluding tert-OH is 2. The zero-order valence-corrected chi connectivity index (χ0v) is 12.1. The van der Waals surface area contributed by atoms with Crippen LogP contribution >= 0.6 is 0 Å². The van der Waals surface area contributed by atoms with Crippen LogP contribution < -0.4 is 0 Å². The van der Waals surface area contributed by atoms with Crippen molar-refractivity contribution in [3.05, 3.63) is 82.9 Å². The van der Waals surface area contributed by atoms with Crippen molar-refractivity contribution < 1.29 is 10.2 Å². The van der Waals surface area contributed by atoms with Gasteiger partial charge in [0.1, 0.15) is 0 Å². The molecule has 4 atom stereocenters. The maximum Gasteiger partial charge on any atom is 0.0763 e. The first-order chi connectivity index (χ1) is 10.8. The summed E-state index contributed by atoms with van der Waals surface area (Å²) in [5, 5.41) is 21.2. The first kappa shape index (κ1) is 12.6. The van der Waals surface area contributed by atoms with E-state index < -0.39 is 12.2 Å². The normalized spacial score (nSPS) is 37.4. The quantitative estimate of drug-likeness (QED) is 0.733. The first-order valence-corrected chi connectivity index (χ1v) is 7.99. The summed E-state index contributed by atoms with van der Waals surface area (Å²) in [5.74, 6) is 0.485. The molecule has 22 heavy (non-hydrogen) atoms. The van der Waals surface area contributed by atoms with Gasteiger partial charge in [-0.15, -0.1) is 0 Å². The molecule has 0 radical (unpaired) electrons. The van der Waals surface area contributed by atoms with Gasteiger partial charge in [0.15, 0.2) is 0 Å². The second-order valence-corrected chi connectivity index (χ2v) is 6.73. The molecule has 0 unspecified atom stereocenters. The molecule has 110 valence electrons. The van der Waals surface area contributed by atoms with Crippen molar-refractivity contribution in [1.82, 2.24) is 0 Å². The lowest BCUT2D eigenvalue weighted by Crippen LogP contribution is -2.50. The third-order valence-electron chi connectivity index (χ3n) is 5.84. The lowest BCUT2D eigenvalue weighted by Gasteiger charge is -2.54. The number of rotatable bonds is 0. The molecule has 0 aliphatic heterocycles. The van der Waals surface area contributed by atoms with E-state index in [1.807, 2.05) is 0 Å². The standard InChI is InChI=1S/C20H18O2/c21-15-9-10-16(22)20-18-12-6-2-1-5-11(12)17(19(15)20)13-7-3-4-8-14(13)18/h1-10,15-22H/t15-,16+,17?,18?,19+,20-. The molecule has 0 aromatic heterocycles. The number of hydrogen-bond acceptors (Lipinski definition) is 2. The highest BCUT2D eigenvalue weighted by Crippen LogP contribution is 2.60. The summed E-state index contributed by atoms with van der Waals surface area (Å²) in [5.41, 5.74) is 5.31. The van der Waals surface area contributed by atoms with Gasteiger partial charge >= 0.3 is 0 Å². The molecule has 2 heteroatoms. The number of benzene rings is 2. The minimum absolute atomic E-state index is 0.0646. The molecule has 0 saturated heterocycles. The summed E-state index contributed by atoms with van der Waals surface area (Å²) >= 11 is 0. The van der Waals surface area contributed by atoms with E-state index in [0.717, 1.165) is 0 Å². The third-order valence-corrected chi connectivity index (χ3v) is 5.84.